The van der Waals surface area contributed by atoms with Crippen LogP contribution in [0.15, 0.2) is 4.99 Å². The third-order valence-electron chi connectivity index (χ3n) is 4.08. The van der Waals surface area contributed by atoms with Gasteiger partial charge in [-0.25, -0.2) is 0 Å². The average molecular weight is 426 g/mol. The smallest absolute Gasteiger partial charge is 0.191 e. The topological polar surface area (TPSA) is 39.7 Å². The molecule has 21 heavy (non-hydrogen) atoms. The number of rotatable bonds is 4. The molecule has 2 unspecified atom stereocenters. The number of halogens is 1. The van der Waals surface area contributed by atoms with E-state index in [1.165, 1.54) is 50.3 Å². The standard InChI is InChI=1S/C15H30N4S.HI/c1-3-16-15(18-14-7-5-9-20-12-14)17-10-13-6-4-8-19(2)11-13;/h13-14H,3-12H2,1-2H3,(H2,16,17,18);1H. The molecule has 0 saturated carbocycles. The molecule has 0 amide bonds. The highest BCUT2D eigenvalue weighted by molar-refractivity contribution is 14.0. The molecule has 124 valence electrons. The molecular weight excluding hydrogens is 395 g/mol. The second kappa shape index (κ2) is 10.9. The molecule has 2 aliphatic heterocycles. The summed E-state index contributed by atoms with van der Waals surface area (Å²) in [4.78, 5) is 7.26. The predicted molar refractivity (Wildman–Crippen MR) is 105 cm³/mol. The van der Waals surface area contributed by atoms with E-state index in [2.05, 4.69) is 41.3 Å². The summed E-state index contributed by atoms with van der Waals surface area (Å²) in [7, 11) is 2.22. The number of likely N-dealkylation sites (tertiary alicyclic amines) is 1. The summed E-state index contributed by atoms with van der Waals surface area (Å²) in [5.74, 6) is 4.29. The number of aliphatic imine (C=N–C) groups is 1. The molecule has 0 aromatic rings. The van der Waals surface area contributed by atoms with Gasteiger partial charge in [-0.05, 0) is 57.9 Å². The first-order valence-electron chi connectivity index (χ1n) is 8.09. The number of guanidine groups is 1. The van der Waals surface area contributed by atoms with Crippen LogP contribution in [-0.4, -0.2) is 61.6 Å². The van der Waals surface area contributed by atoms with Gasteiger partial charge in [0.2, 0.25) is 0 Å². The Labute approximate surface area is 151 Å². The Morgan fingerprint density at radius 1 is 1.33 bits per heavy atom. The highest BCUT2D eigenvalue weighted by atomic mass is 127. The van der Waals surface area contributed by atoms with E-state index in [9.17, 15) is 0 Å². The van der Waals surface area contributed by atoms with Crippen LogP contribution in [0.3, 0.4) is 0 Å². The van der Waals surface area contributed by atoms with Crippen molar-refractivity contribution in [1.29, 1.82) is 0 Å². The molecule has 4 nitrogen and oxygen atoms in total. The van der Waals surface area contributed by atoms with Gasteiger partial charge < -0.3 is 15.5 Å². The van der Waals surface area contributed by atoms with Crippen LogP contribution in [0.2, 0.25) is 0 Å². The number of nitrogens with one attached hydrogen (secondary N) is 2. The van der Waals surface area contributed by atoms with E-state index in [-0.39, 0.29) is 24.0 Å². The lowest BCUT2D eigenvalue weighted by Gasteiger charge is -2.29. The zero-order chi connectivity index (χ0) is 14.2. The summed E-state index contributed by atoms with van der Waals surface area (Å²) in [6.07, 6.45) is 5.26. The monoisotopic (exact) mass is 426 g/mol. The highest BCUT2D eigenvalue weighted by Gasteiger charge is 2.18. The van der Waals surface area contributed by atoms with E-state index in [0.29, 0.717) is 6.04 Å². The predicted octanol–water partition coefficient (Wildman–Crippen LogP) is 2.40. The summed E-state index contributed by atoms with van der Waals surface area (Å²) in [6, 6.07) is 0.598. The van der Waals surface area contributed by atoms with Crippen LogP contribution in [0.5, 0.6) is 0 Å². The molecule has 0 spiro atoms. The quantitative estimate of drug-likeness (QED) is 0.412. The van der Waals surface area contributed by atoms with E-state index < -0.39 is 0 Å². The highest BCUT2D eigenvalue weighted by Crippen LogP contribution is 2.17. The molecular formula is C15H31IN4S. The fourth-order valence-corrected chi connectivity index (χ4v) is 4.08. The Bertz CT molecular complexity index is 308. The molecule has 2 fully saturated rings. The van der Waals surface area contributed by atoms with Gasteiger partial charge in [-0.3, -0.25) is 4.99 Å². The maximum absolute atomic E-state index is 4.82. The van der Waals surface area contributed by atoms with Gasteiger partial charge in [-0.2, -0.15) is 11.8 Å². The zero-order valence-corrected chi connectivity index (χ0v) is 16.6. The van der Waals surface area contributed by atoms with Crippen molar-refractivity contribution in [3.8, 4) is 0 Å². The number of nitrogens with zero attached hydrogens (tertiary/aromatic N) is 2. The molecule has 0 bridgehead atoms. The third kappa shape index (κ3) is 7.41. The van der Waals surface area contributed by atoms with Crippen molar-refractivity contribution in [3.63, 3.8) is 0 Å². The molecule has 0 radical (unpaired) electrons. The number of piperidine rings is 1. The minimum atomic E-state index is 0. The molecule has 2 heterocycles. The van der Waals surface area contributed by atoms with Gasteiger partial charge in [0.25, 0.3) is 0 Å². The molecule has 0 aliphatic carbocycles. The van der Waals surface area contributed by atoms with Gasteiger partial charge in [-0.15, -0.1) is 24.0 Å². The lowest BCUT2D eigenvalue weighted by Crippen LogP contribution is -2.46. The van der Waals surface area contributed by atoms with Crippen molar-refractivity contribution in [3.05, 3.63) is 0 Å². The van der Waals surface area contributed by atoms with E-state index >= 15 is 0 Å². The molecule has 0 aromatic carbocycles. The Morgan fingerprint density at radius 3 is 2.86 bits per heavy atom. The van der Waals surface area contributed by atoms with Crippen LogP contribution in [0.4, 0.5) is 0 Å². The first kappa shape index (κ1) is 19.4. The van der Waals surface area contributed by atoms with Gasteiger partial charge in [0, 0.05) is 31.4 Å². The Kier molecular flexibility index (Phi) is 10.1. The SMILES string of the molecule is CCNC(=NCC1CCCN(C)C1)NC1CCCSC1.I. The fourth-order valence-electron chi connectivity index (χ4n) is 3.01. The second-order valence-electron chi connectivity index (χ2n) is 6.05. The normalized spacial score (nSPS) is 27.8. The summed E-state index contributed by atoms with van der Waals surface area (Å²) < 4.78 is 0. The summed E-state index contributed by atoms with van der Waals surface area (Å²) in [5.41, 5.74) is 0. The summed E-state index contributed by atoms with van der Waals surface area (Å²) in [6.45, 7) is 6.48. The van der Waals surface area contributed by atoms with Crippen LogP contribution in [0.1, 0.15) is 32.6 Å². The van der Waals surface area contributed by atoms with Crippen LogP contribution in [0.25, 0.3) is 0 Å². The lowest BCUT2D eigenvalue weighted by atomic mass is 9.99. The molecule has 2 aliphatic rings. The fraction of sp³-hybridized carbons (Fsp3) is 0.933. The second-order valence-corrected chi connectivity index (χ2v) is 7.20. The van der Waals surface area contributed by atoms with E-state index in [4.69, 9.17) is 4.99 Å². The molecule has 2 N–H and O–H groups in total. The van der Waals surface area contributed by atoms with Crippen molar-refractivity contribution in [2.24, 2.45) is 10.9 Å². The minimum absolute atomic E-state index is 0. The molecule has 2 atom stereocenters. The average Bonchev–Trinajstić information content (AvgIpc) is 2.46. The lowest BCUT2D eigenvalue weighted by molar-refractivity contribution is 0.214. The number of hydrogen-bond acceptors (Lipinski definition) is 3. The van der Waals surface area contributed by atoms with Crippen molar-refractivity contribution >= 4 is 41.7 Å². The zero-order valence-electron chi connectivity index (χ0n) is 13.4. The van der Waals surface area contributed by atoms with Crippen molar-refractivity contribution in [1.82, 2.24) is 15.5 Å². The van der Waals surface area contributed by atoms with Crippen molar-refractivity contribution in [2.75, 3.05) is 44.7 Å². The molecule has 0 aromatic heterocycles. The summed E-state index contributed by atoms with van der Waals surface area (Å²) >= 11 is 2.06. The molecule has 2 rings (SSSR count). The maximum Gasteiger partial charge on any atom is 0.191 e. The third-order valence-corrected chi connectivity index (χ3v) is 5.29. The van der Waals surface area contributed by atoms with Gasteiger partial charge in [0.1, 0.15) is 0 Å². The van der Waals surface area contributed by atoms with E-state index in [1.807, 2.05) is 0 Å². The first-order valence-corrected chi connectivity index (χ1v) is 9.24. The van der Waals surface area contributed by atoms with E-state index in [1.54, 1.807) is 0 Å². The van der Waals surface area contributed by atoms with Gasteiger partial charge in [0.05, 0.1) is 0 Å². The molecule has 2 saturated heterocycles. The Hall–Kier alpha value is 0.310. The number of hydrogen-bond donors (Lipinski definition) is 2. The van der Waals surface area contributed by atoms with Gasteiger partial charge in [-0.1, -0.05) is 0 Å². The molecule has 6 heteroatoms. The first-order chi connectivity index (χ1) is 9.78. The van der Waals surface area contributed by atoms with Crippen molar-refractivity contribution < 1.29 is 0 Å². The summed E-state index contributed by atoms with van der Waals surface area (Å²) in [5, 5.41) is 7.01. The maximum atomic E-state index is 4.82. The Morgan fingerprint density at radius 2 is 2.19 bits per heavy atom. The van der Waals surface area contributed by atoms with Crippen LogP contribution in [0, 0.1) is 5.92 Å². The number of thioether (sulfide) groups is 1. The van der Waals surface area contributed by atoms with Crippen molar-refractivity contribution in [2.45, 2.75) is 38.6 Å². The van der Waals surface area contributed by atoms with Gasteiger partial charge in [0.15, 0.2) is 5.96 Å². The van der Waals surface area contributed by atoms with Gasteiger partial charge >= 0.3 is 0 Å². The Balaban J connectivity index is 0.00000220. The van der Waals surface area contributed by atoms with Crippen LogP contribution in [-0.2, 0) is 0 Å². The largest absolute Gasteiger partial charge is 0.357 e. The van der Waals surface area contributed by atoms with E-state index in [0.717, 1.165) is 25.0 Å². The van der Waals surface area contributed by atoms with Crippen LogP contribution >= 0.6 is 35.7 Å². The minimum Gasteiger partial charge on any atom is -0.357 e. The van der Waals surface area contributed by atoms with Crippen LogP contribution < -0.4 is 10.6 Å².